The van der Waals surface area contributed by atoms with E-state index < -0.39 is 12.1 Å². The molecule has 0 aliphatic heterocycles. The Morgan fingerprint density at radius 3 is 2.62 bits per heavy atom. The molecule has 0 bridgehead atoms. The van der Waals surface area contributed by atoms with Crippen molar-refractivity contribution >= 4 is 23.4 Å². The van der Waals surface area contributed by atoms with E-state index in [0.29, 0.717) is 5.56 Å². The smallest absolute Gasteiger partial charge is 0.337 e. The van der Waals surface area contributed by atoms with Crippen LogP contribution in [0.1, 0.15) is 28.4 Å². The van der Waals surface area contributed by atoms with Gasteiger partial charge in [0.15, 0.2) is 11.9 Å². The largest absolute Gasteiger partial charge is 0.479 e. The van der Waals surface area contributed by atoms with E-state index in [0.717, 1.165) is 0 Å². The van der Waals surface area contributed by atoms with Crippen molar-refractivity contribution in [3.05, 3.63) is 35.4 Å². The number of carboxylic acids is 1. The van der Waals surface area contributed by atoms with Crippen LogP contribution in [0.2, 0.25) is 0 Å². The number of aliphatic hydroxyl groups is 1. The van der Waals surface area contributed by atoms with Gasteiger partial charge in [-0.25, -0.2) is 4.79 Å². The minimum absolute atomic E-state index is 0.172. The number of rotatable bonds is 5. The highest BCUT2D eigenvalue weighted by Crippen LogP contribution is 2.16. The van der Waals surface area contributed by atoms with Crippen LogP contribution < -0.4 is 0 Å². The molecule has 0 amide bonds. The van der Waals surface area contributed by atoms with Crippen molar-refractivity contribution in [1.29, 1.82) is 0 Å². The Balaban J connectivity index is 2.95. The molecule has 0 aliphatic rings. The quantitative estimate of drug-likeness (QED) is 0.608. The van der Waals surface area contributed by atoms with Crippen molar-refractivity contribution in [2.24, 2.45) is 0 Å². The summed E-state index contributed by atoms with van der Waals surface area (Å²) in [4.78, 5) is 22.0. The lowest BCUT2D eigenvalue weighted by Gasteiger charge is -2.07. The maximum Gasteiger partial charge on any atom is 0.337 e. The number of ketones is 1. The van der Waals surface area contributed by atoms with Crippen molar-refractivity contribution in [3.63, 3.8) is 0 Å². The number of carboxylic acid groups (broad SMARTS) is 1. The van der Waals surface area contributed by atoms with E-state index in [1.54, 1.807) is 6.07 Å². The number of halogens is 1. The summed E-state index contributed by atoms with van der Waals surface area (Å²) < 4.78 is 0. The van der Waals surface area contributed by atoms with Crippen molar-refractivity contribution in [1.82, 2.24) is 0 Å². The van der Waals surface area contributed by atoms with E-state index >= 15 is 0 Å². The molecule has 86 valence electrons. The van der Waals surface area contributed by atoms with E-state index in [1.807, 2.05) is 0 Å². The molecule has 0 heterocycles. The van der Waals surface area contributed by atoms with Crippen molar-refractivity contribution < 1.29 is 19.8 Å². The normalized spacial score (nSPS) is 12.1. The van der Waals surface area contributed by atoms with E-state index in [2.05, 4.69) is 0 Å². The summed E-state index contributed by atoms with van der Waals surface area (Å²) in [6, 6.07) is 5.92. The molecule has 0 spiro atoms. The monoisotopic (exact) mass is 242 g/mol. The Kier molecular flexibility index (Phi) is 4.46. The first-order valence-electron chi connectivity index (χ1n) is 4.66. The number of hydrogen-bond donors (Lipinski definition) is 2. The van der Waals surface area contributed by atoms with Crippen LogP contribution in [0.25, 0.3) is 0 Å². The summed E-state index contributed by atoms with van der Waals surface area (Å²) in [7, 11) is 0. The Labute approximate surface area is 97.5 Å². The third kappa shape index (κ3) is 3.05. The van der Waals surface area contributed by atoms with Crippen LogP contribution in [-0.4, -0.2) is 27.8 Å². The van der Waals surface area contributed by atoms with Gasteiger partial charge in [-0.3, -0.25) is 4.79 Å². The molecule has 1 aromatic rings. The molecule has 0 saturated heterocycles. The number of benzene rings is 1. The summed E-state index contributed by atoms with van der Waals surface area (Å²) in [5, 5.41) is 17.9. The second-order valence-corrected chi connectivity index (χ2v) is 3.61. The van der Waals surface area contributed by atoms with Crippen molar-refractivity contribution in [2.75, 3.05) is 5.88 Å². The minimum Gasteiger partial charge on any atom is -0.479 e. The zero-order valence-electron chi connectivity index (χ0n) is 8.39. The molecule has 4 nitrogen and oxygen atoms in total. The number of aliphatic carboxylic acids is 1. The third-order valence-electron chi connectivity index (χ3n) is 2.08. The number of alkyl halides is 1. The molecule has 0 radical (unpaired) electrons. The predicted molar refractivity (Wildman–Crippen MR) is 58.7 cm³/mol. The van der Waals surface area contributed by atoms with Crippen LogP contribution in [0.3, 0.4) is 0 Å². The maximum atomic E-state index is 11.5. The van der Waals surface area contributed by atoms with Crippen molar-refractivity contribution in [3.8, 4) is 0 Å². The van der Waals surface area contributed by atoms with Crippen LogP contribution >= 0.6 is 11.6 Å². The van der Waals surface area contributed by atoms with E-state index in [-0.39, 0.29) is 23.6 Å². The molecule has 1 aromatic carbocycles. The first-order valence-corrected chi connectivity index (χ1v) is 5.19. The van der Waals surface area contributed by atoms with Gasteiger partial charge in [-0.05, 0) is 11.6 Å². The predicted octanol–water partition coefficient (Wildman–Crippen LogP) is 1.62. The van der Waals surface area contributed by atoms with Crippen LogP contribution in [0, 0.1) is 0 Å². The van der Waals surface area contributed by atoms with Crippen LogP contribution in [-0.2, 0) is 4.79 Å². The molecule has 0 aliphatic carbocycles. The van der Waals surface area contributed by atoms with Crippen LogP contribution in [0.4, 0.5) is 0 Å². The zero-order chi connectivity index (χ0) is 12.1. The Morgan fingerprint density at radius 1 is 1.38 bits per heavy atom. The van der Waals surface area contributed by atoms with Gasteiger partial charge in [-0.1, -0.05) is 18.2 Å². The fourth-order valence-electron chi connectivity index (χ4n) is 1.25. The molecule has 0 fully saturated rings. The highest BCUT2D eigenvalue weighted by molar-refractivity contribution is 6.19. The molecular formula is C11H11ClO4. The number of hydrogen-bond acceptors (Lipinski definition) is 3. The van der Waals surface area contributed by atoms with Gasteiger partial charge in [0, 0.05) is 17.9 Å². The van der Waals surface area contributed by atoms with Gasteiger partial charge in [0.1, 0.15) is 0 Å². The van der Waals surface area contributed by atoms with E-state index in [1.165, 1.54) is 18.2 Å². The van der Waals surface area contributed by atoms with Gasteiger partial charge in [0.2, 0.25) is 0 Å². The zero-order valence-corrected chi connectivity index (χ0v) is 9.15. The SMILES string of the molecule is O=C(CCCl)c1cccc(C(O)C(=O)O)c1. The maximum absolute atomic E-state index is 11.5. The lowest BCUT2D eigenvalue weighted by Crippen LogP contribution is -2.11. The molecule has 2 N–H and O–H groups in total. The van der Waals surface area contributed by atoms with E-state index in [9.17, 15) is 14.7 Å². The molecule has 1 rings (SSSR count). The fourth-order valence-corrected chi connectivity index (χ4v) is 1.43. The van der Waals surface area contributed by atoms with Gasteiger partial charge >= 0.3 is 5.97 Å². The highest BCUT2D eigenvalue weighted by atomic mass is 35.5. The van der Waals surface area contributed by atoms with Crippen LogP contribution in [0.15, 0.2) is 24.3 Å². The second kappa shape index (κ2) is 5.63. The van der Waals surface area contributed by atoms with Gasteiger partial charge in [0.25, 0.3) is 0 Å². The first kappa shape index (κ1) is 12.7. The molecule has 1 atom stereocenters. The van der Waals surface area contributed by atoms with Crippen molar-refractivity contribution in [2.45, 2.75) is 12.5 Å². The Bertz CT molecular complexity index is 403. The average Bonchev–Trinajstić information content (AvgIpc) is 2.28. The molecule has 0 saturated carbocycles. The molecular weight excluding hydrogens is 232 g/mol. The highest BCUT2D eigenvalue weighted by Gasteiger charge is 2.17. The molecule has 5 heteroatoms. The number of carbonyl (C=O) groups excluding carboxylic acids is 1. The van der Waals surface area contributed by atoms with Gasteiger partial charge in [-0.15, -0.1) is 11.6 Å². The minimum atomic E-state index is -1.61. The summed E-state index contributed by atoms with van der Waals surface area (Å²) in [5.74, 6) is -1.30. The molecule has 16 heavy (non-hydrogen) atoms. The van der Waals surface area contributed by atoms with Gasteiger partial charge in [-0.2, -0.15) is 0 Å². The number of carbonyl (C=O) groups is 2. The number of Topliss-reactive ketones (excluding diaryl/α,β-unsaturated/α-hetero) is 1. The lowest BCUT2D eigenvalue weighted by atomic mass is 10.0. The van der Waals surface area contributed by atoms with E-state index in [4.69, 9.17) is 16.7 Å². The molecule has 1 unspecified atom stereocenters. The average molecular weight is 243 g/mol. The Morgan fingerprint density at radius 2 is 2.06 bits per heavy atom. The molecule has 0 aromatic heterocycles. The summed E-state index contributed by atoms with van der Waals surface area (Å²) in [6.45, 7) is 0. The number of aliphatic hydroxyl groups excluding tert-OH is 1. The first-order chi connectivity index (χ1) is 7.56. The second-order valence-electron chi connectivity index (χ2n) is 3.23. The summed E-state index contributed by atoms with van der Waals surface area (Å²) >= 11 is 5.43. The topological polar surface area (TPSA) is 74.6 Å². The van der Waals surface area contributed by atoms with Crippen LogP contribution in [0.5, 0.6) is 0 Å². The standard InChI is InChI=1S/C11H11ClO4/c12-5-4-9(13)7-2-1-3-8(6-7)10(14)11(15)16/h1-3,6,10,14H,4-5H2,(H,15,16). The Hall–Kier alpha value is -1.39. The third-order valence-corrected chi connectivity index (χ3v) is 2.27. The summed E-state index contributed by atoms with van der Waals surface area (Å²) in [6.07, 6.45) is -1.42. The summed E-state index contributed by atoms with van der Waals surface area (Å²) in [5.41, 5.74) is 0.548. The van der Waals surface area contributed by atoms with Gasteiger partial charge < -0.3 is 10.2 Å². The lowest BCUT2D eigenvalue weighted by molar-refractivity contribution is -0.146. The fraction of sp³-hybridized carbons (Fsp3) is 0.273. The van der Waals surface area contributed by atoms with Gasteiger partial charge in [0.05, 0.1) is 0 Å².